The Morgan fingerprint density at radius 2 is 1.53 bits per heavy atom. The standard InChI is InChI=1S/C19H24FNO.C9H6F6O/c1-21(18-9-10-19(22)12-18)13-14-3-2-4-16(11-14)15-5-7-17(20)8-6-15;10-8(11,12)6-1-5(4-16)2-7(3-6)9(13,14)15/h5-8,12,14,16H,2-4,9-11,13H2,1H3;1-3,16H,4H2/t14?,16-;/m1./s1. The maximum absolute atomic E-state index is 13.1. The van der Waals surface area contributed by atoms with Gasteiger partial charge in [0.15, 0.2) is 5.78 Å². The lowest BCUT2D eigenvalue weighted by molar-refractivity contribution is -0.143. The number of ketones is 1. The van der Waals surface area contributed by atoms with Gasteiger partial charge in [0.25, 0.3) is 0 Å². The number of hydrogen-bond donors (Lipinski definition) is 1. The zero-order chi connectivity index (χ0) is 28.1. The Morgan fingerprint density at radius 3 is 2.03 bits per heavy atom. The summed E-state index contributed by atoms with van der Waals surface area (Å²) in [5.41, 5.74) is -0.821. The van der Waals surface area contributed by atoms with Crippen LogP contribution in [0.1, 0.15) is 66.7 Å². The van der Waals surface area contributed by atoms with Crippen LogP contribution < -0.4 is 0 Å². The van der Waals surface area contributed by atoms with Crippen molar-refractivity contribution in [1.82, 2.24) is 4.90 Å². The van der Waals surface area contributed by atoms with Crippen molar-refractivity contribution >= 4 is 5.78 Å². The van der Waals surface area contributed by atoms with Crippen LogP contribution in [0.2, 0.25) is 0 Å². The van der Waals surface area contributed by atoms with Gasteiger partial charge in [0.2, 0.25) is 0 Å². The van der Waals surface area contributed by atoms with Crippen molar-refractivity contribution in [2.45, 2.75) is 63.4 Å². The topological polar surface area (TPSA) is 40.5 Å². The van der Waals surface area contributed by atoms with E-state index in [4.69, 9.17) is 5.11 Å². The molecule has 1 saturated carbocycles. The number of benzene rings is 2. The Labute approximate surface area is 217 Å². The maximum Gasteiger partial charge on any atom is 0.416 e. The number of hydrogen-bond acceptors (Lipinski definition) is 3. The Bertz CT molecular complexity index is 1090. The third-order valence-corrected chi connectivity index (χ3v) is 6.93. The number of carbonyl (C=O) groups is 1. The van der Waals surface area contributed by atoms with Crippen molar-refractivity contribution in [3.8, 4) is 0 Å². The summed E-state index contributed by atoms with van der Waals surface area (Å²) in [6.07, 6.45) is -1.52. The van der Waals surface area contributed by atoms with Crippen LogP contribution in [-0.4, -0.2) is 29.4 Å². The minimum atomic E-state index is -4.87. The van der Waals surface area contributed by atoms with Crippen molar-refractivity contribution in [1.29, 1.82) is 0 Å². The molecule has 0 heterocycles. The minimum absolute atomic E-state index is 0.0131. The zero-order valence-electron chi connectivity index (χ0n) is 20.9. The second-order valence-electron chi connectivity index (χ2n) is 9.84. The van der Waals surface area contributed by atoms with Crippen LogP contribution in [0.25, 0.3) is 0 Å². The molecule has 0 amide bonds. The number of nitrogens with zero attached hydrogens (tertiary/aromatic N) is 1. The third-order valence-electron chi connectivity index (χ3n) is 6.93. The van der Waals surface area contributed by atoms with Crippen LogP contribution in [0, 0.1) is 11.7 Å². The molecule has 2 atom stereocenters. The molecule has 38 heavy (non-hydrogen) atoms. The second-order valence-corrected chi connectivity index (χ2v) is 9.84. The van der Waals surface area contributed by atoms with Gasteiger partial charge >= 0.3 is 12.4 Å². The molecule has 0 aromatic heterocycles. The summed E-state index contributed by atoms with van der Waals surface area (Å²) in [5, 5.41) is 8.58. The summed E-state index contributed by atoms with van der Waals surface area (Å²) in [6, 6.07) is 7.98. The maximum atomic E-state index is 13.1. The first-order chi connectivity index (χ1) is 17.8. The van der Waals surface area contributed by atoms with Crippen molar-refractivity contribution in [3.63, 3.8) is 0 Å². The van der Waals surface area contributed by atoms with Crippen LogP contribution in [0.3, 0.4) is 0 Å². The number of aliphatic hydroxyl groups excluding tert-OH is 1. The van der Waals surface area contributed by atoms with Crippen LogP contribution in [0.4, 0.5) is 30.7 Å². The summed E-state index contributed by atoms with van der Waals surface area (Å²) >= 11 is 0. The number of carbonyl (C=O) groups excluding carboxylic acids is 1. The molecule has 1 unspecified atom stereocenters. The molecule has 2 aliphatic carbocycles. The fourth-order valence-corrected chi connectivity index (χ4v) is 4.99. The molecule has 4 rings (SSSR count). The minimum Gasteiger partial charge on any atom is -0.392 e. The number of allylic oxidation sites excluding steroid dienone is 2. The van der Waals surface area contributed by atoms with E-state index in [1.807, 2.05) is 12.1 Å². The molecular weight excluding hydrogens is 515 g/mol. The van der Waals surface area contributed by atoms with E-state index in [9.17, 15) is 35.5 Å². The predicted molar refractivity (Wildman–Crippen MR) is 128 cm³/mol. The third kappa shape index (κ3) is 8.31. The quantitative estimate of drug-likeness (QED) is 0.396. The van der Waals surface area contributed by atoms with Crippen molar-refractivity contribution in [3.05, 3.63) is 82.3 Å². The molecule has 1 N–H and O–H groups in total. The van der Waals surface area contributed by atoms with E-state index in [-0.39, 0.29) is 17.7 Å². The predicted octanol–water partition coefficient (Wildman–Crippen LogP) is 7.49. The second kappa shape index (κ2) is 12.3. The lowest BCUT2D eigenvalue weighted by Crippen LogP contribution is -2.28. The highest BCUT2D eigenvalue weighted by molar-refractivity contribution is 5.92. The molecule has 2 aromatic rings. The summed E-state index contributed by atoms with van der Waals surface area (Å²) in [4.78, 5) is 13.6. The summed E-state index contributed by atoms with van der Waals surface area (Å²) in [5.74, 6) is 1.31. The summed E-state index contributed by atoms with van der Waals surface area (Å²) in [7, 11) is 2.10. The van der Waals surface area contributed by atoms with E-state index in [2.05, 4.69) is 11.9 Å². The molecule has 1 fully saturated rings. The smallest absolute Gasteiger partial charge is 0.392 e. The number of rotatable bonds is 5. The highest BCUT2D eigenvalue weighted by atomic mass is 19.4. The van der Waals surface area contributed by atoms with Crippen molar-refractivity contribution in [2.75, 3.05) is 13.6 Å². The molecule has 0 aliphatic heterocycles. The van der Waals surface area contributed by atoms with E-state index in [1.54, 1.807) is 18.2 Å². The number of halogens is 7. The lowest BCUT2D eigenvalue weighted by Gasteiger charge is -2.33. The molecular formula is C28H30F7NO2. The first-order valence-electron chi connectivity index (χ1n) is 12.4. The molecule has 208 valence electrons. The fourth-order valence-electron chi connectivity index (χ4n) is 4.99. The van der Waals surface area contributed by atoms with Crippen LogP contribution in [0.5, 0.6) is 0 Å². The first-order valence-corrected chi connectivity index (χ1v) is 12.4. The Hall–Kier alpha value is -2.88. The molecule has 0 bridgehead atoms. The average Bonchev–Trinajstić information content (AvgIpc) is 3.30. The average molecular weight is 546 g/mol. The molecule has 0 radical (unpaired) electrons. The highest BCUT2D eigenvalue weighted by Gasteiger charge is 2.36. The molecule has 0 saturated heterocycles. The van der Waals surface area contributed by atoms with E-state index < -0.39 is 35.6 Å². The van der Waals surface area contributed by atoms with Gasteiger partial charge in [-0.05, 0) is 79.0 Å². The Balaban J connectivity index is 0.000000223. The van der Waals surface area contributed by atoms with Crippen LogP contribution in [-0.2, 0) is 23.8 Å². The van der Waals surface area contributed by atoms with Gasteiger partial charge in [0.05, 0.1) is 17.7 Å². The van der Waals surface area contributed by atoms with Gasteiger partial charge in [-0.3, -0.25) is 4.79 Å². The van der Waals surface area contributed by atoms with Gasteiger partial charge in [-0.2, -0.15) is 26.3 Å². The van der Waals surface area contributed by atoms with Gasteiger partial charge < -0.3 is 10.0 Å². The van der Waals surface area contributed by atoms with Crippen LogP contribution in [0.15, 0.2) is 54.2 Å². The summed E-state index contributed by atoms with van der Waals surface area (Å²) < 4.78 is 86.4. The van der Waals surface area contributed by atoms with Gasteiger partial charge in [-0.25, -0.2) is 4.39 Å². The largest absolute Gasteiger partial charge is 0.416 e. The monoisotopic (exact) mass is 545 g/mol. The highest BCUT2D eigenvalue weighted by Crippen LogP contribution is 2.38. The molecule has 2 aromatic carbocycles. The van der Waals surface area contributed by atoms with E-state index >= 15 is 0 Å². The first kappa shape index (κ1) is 29.7. The van der Waals surface area contributed by atoms with Crippen molar-refractivity contribution < 1.29 is 40.6 Å². The fraction of sp³-hybridized carbons (Fsp3) is 0.464. The van der Waals surface area contributed by atoms with Gasteiger partial charge in [0.1, 0.15) is 5.82 Å². The Morgan fingerprint density at radius 1 is 0.921 bits per heavy atom. The number of aliphatic hydroxyl groups is 1. The summed E-state index contributed by atoms with van der Waals surface area (Å²) in [6.45, 7) is 0.143. The van der Waals surface area contributed by atoms with Gasteiger partial charge in [-0.1, -0.05) is 18.6 Å². The molecule has 0 spiro atoms. The van der Waals surface area contributed by atoms with Crippen LogP contribution >= 0.6 is 0 Å². The molecule has 3 nitrogen and oxygen atoms in total. The zero-order valence-corrected chi connectivity index (χ0v) is 20.9. The lowest BCUT2D eigenvalue weighted by atomic mass is 9.78. The SMILES string of the molecule is CN(CC1CCC[C@@H](c2ccc(F)cc2)C1)C1=CC(=O)CC1.OCc1cc(C(F)(F)F)cc(C(F)(F)F)c1. The molecule has 10 heteroatoms. The normalized spacial score (nSPS) is 20.0. The van der Waals surface area contributed by atoms with Crippen molar-refractivity contribution in [2.24, 2.45) is 5.92 Å². The van der Waals surface area contributed by atoms with E-state index in [0.29, 0.717) is 30.4 Å². The number of alkyl halides is 6. The van der Waals surface area contributed by atoms with E-state index in [1.165, 1.54) is 30.5 Å². The van der Waals surface area contributed by atoms with Gasteiger partial charge in [0, 0.05) is 31.8 Å². The Kier molecular flexibility index (Phi) is 9.62. The van der Waals surface area contributed by atoms with Gasteiger partial charge in [-0.15, -0.1) is 0 Å². The molecule has 2 aliphatic rings. The van der Waals surface area contributed by atoms with E-state index in [0.717, 1.165) is 19.4 Å².